The van der Waals surface area contributed by atoms with Crippen LogP contribution in [0, 0.1) is 0 Å². The monoisotopic (exact) mass is 313 g/mol. The van der Waals surface area contributed by atoms with Gasteiger partial charge in [0.1, 0.15) is 11.0 Å². The van der Waals surface area contributed by atoms with Crippen molar-refractivity contribution < 1.29 is 9.53 Å². The molecule has 1 aliphatic heterocycles. The number of halogens is 1. The number of carbonyl (C=O) groups excluding carboxylic acids is 1. The molecule has 21 heavy (non-hydrogen) atoms. The molecule has 0 aliphatic carbocycles. The zero-order valence-corrected chi connectivity index (χ0v) is 13.1. The van der Waals surface area contributed by atoms with Crippen LogP contribution in [0.15, 0.2) is 6.07 Å². The fourth-order valence-corrected chi connectivity index (χ4v) is 2.11. The summed E-state index contributed by atoms with van der Waals surface area (Å²) in [6.07, 6.45) is 0. The van der Waals surface area contributed by atoms with Crippen LogP contribution in [-0.2, 0) is 4.74 Å². The van der Waals surface area contributed by atoms with Crippen molar-refractivity contribution >= 4 is 23.3 Å². The Bertz CT molecular complexity index is 491. The van der Waals surface area contributed by atoms with Crippen molar-refractivity contribution in [2.45, 2.75) is 0 Å². The Morgan fingerprint density at radius 1 is 1.43 bits per heavy atom. The number of nitrogens with one attached hydrogen (secondary N) is 1. The van der Waals surface area contributed by atoms with Crippen LogP contribution in [0.1, 0.15) is 10.6 Å². The third-order valence-corrected chi connectivity index (χ3v) is 3.26. The number of morpholine rings is 1. The van der Waals surface area contributed by atoms with Gasteiger partial charge in [0, 0.05) is 32.2 Å². The molecule has 1 amide bonds. The predicted octanol–water partition coefficient (Wildman–Crippen LogP) is 0.258. The molecule has 1 saturated heterocycles. The van der Waals surface area contributed by atoms with Gasteiger partial charge in [-0.1, -0.05) is 11.6 Å². The second-order valence-corrected chi connectivity index (χ2v) is 5.42. The summed E-state index contributed by atoms with van der Waals surface area (Å²) in [7, 11) is 3.89. The first kappa shape index (κ1) is 15.9. The Hall–Kier alpha value is -1.44. The van der Waals surface area contributed by atoms with E-state index in [4.69, 9.17) is 16.3 Å². The number of aromatic nitrogens is 2. The van der Waals surface area contributed by atoms with Crippen LogP contribution in [0.5, 0.6) is 0 Å². The van der Waals surface area contributed by atoms with Crippen molar-refractivity contribution in [1.29, 1.82) is 0 Å². The van der Waals surface area contributed by atoms with Gasteiger partial charge in [0.05, 0.1) is 13.2 Å². The molecule has 0 bridgehead atoms. The average Bonchev–Trinajstić information content (AvgIpc) is 2.47. The average molecular weight is 314 g/mol. The molecule has 1 aromatic rings. The number of nitrogens with zero attached hydrogens (tertiary/aromatic N) is 4. The van der Waals surface area contributed by atoms with Crippen LogP contribution in [0.4, 0.5) is 5.82 Å². The summed E-state index contributed by atoms with van der Waals surface area (Å²) in [4.78, 5) is 24.4. The normalized spacial score (nSPS) is 15.3. The molecule has 0 saturated carbocycles. The van der Waals surface area contributed by atoms with Crippen molar-refractivity contribution in [2.75, 3.05) is 58.4 Å². The first-order chi connectivity index (χ1) is 10.1. The van der Waals surface area contributed by atoms with Crippen molar-refractivity contribution in [3.05, 3.63) is 17.0 Å². The van der Waals surface area contributed by atoms with E-state index in [0.717, 1.165) is 19.6 Å². The molecule has 1 aliphatic rings. The Morgan fingerprint density at radius 3 is 2.81 bits per heavy atom. The lowest BCUT2D eigenvalue weighted by molar-refractivity contribution is 0.0940. The third kappa shape index (κ3) is 4.80. The Kier molecular flexibility index (Phi) is 5.72. The second-order valence-electron chi connectivity index (χ2n) is 5.03. The first-order valence-corrected chi connectivity index (χ1v) is 7.24. The highest BCUT2D eigenvalue weighted by atomic mass is 35.5. The van der Waals surface area contributed by atoms with Gasteiger partial charge < -0.3 is 19.9 Å². The molecule has 2 rings (SSSR count). The molecule has 0 radical (unpaired) electrons. The lowest BCUT2D eigenvalue weighted by Crippen LogP contribution is -2.37. The minimum atomic E-state index is -0.311. The molecule has 7 nitrogen and oxygen atoms in total. The SMILES string of the molecule is CN(C)CCNC(=O)c1nc(Cl)cc(N2CCOCC2)n1. The first-order valence-electron chi connectivity index (χ1n) is 6.86. The summed E-state index contributed by atoms with van der Waals surface area (Å²) >= 11 is 6.00. The highest BCUT2D eigenvalue weighted by molar-refractivity contribution is 6.29. The van der Waals surface area contributed by atoms with Crippen molar-refractivity contribution in [1.82, 2.24) is 20.2 Å². The summed E-state index contributed by atoms with van der Waals surface area (Å²) in [5.74, 6) is 0.452. The number of hydrogen-bond donors (Lipinski definition) is 1. The van der Waals surface area contributed by atoms with Gasteiger partial charge in [-0.25, -0.2) is 9.97 Å². The molecule has 116 valence electrons. The predicted molar refractivity (Wildman–Crippen MR) is 81.0 cm³/mol. The number of likely N-dealkylation sites (N-methyl/N-ethyl adjacent to an activating group) is 1. The molecular formula is C13H20ClN5O2. The van der Waals surface area contributed by atoms with E-state index in [9.17, 15) is 4.79 Å². The fraction of sp³-hybridized carbons (Fsp3) is 0.615. The van der Waals surface area contributed by atoms with Crippen LogP contribution < -0.4 is 10.2 Å². The van der Waals surface area contributed by atoms with Crippen molar-refractivity contribution in [3.63, 3.8) is 0 Å². The van der Waals surface area contributed by atoms with E-state index in [1.54, 1.807) is 6.07 Å². The van der Waals surface area contributed by atoms with Gasteiger partial charge in [0.2, 0.25) is 5.82 Å². The van der Waals surface area contributed by atoms with Gasteiger partial charge in [0.15, 0.2) is 0 Å². The zero-order chi connectivity index (χ0) is 15.2. The van der Waals surface area contributed by atoms with Gasteiger partial charge >= 0.3 is 0 Å². The lowest BCUT2D eigenvalue weighted by atomic mass is 10.4. The van der Waals surface area contributed by atoms with E-state index in [1.165, 1.54) is 0 Å². The highest BCUT2D eigenvalue weighted by Gasteiger charge is 2.17. The third-order valence-electron chi connectivity index (χ3n) is 3.06. The second kappa shape index (κ2) is 7.53. The minimum absolute atomic E-state index is 0.0998. The van der Waals surface area contributed by atoms with Gasteiger partial charge in [0.25, 0.3) is 5.91 Å². The number of amides is 1. The van der Waals surface area contributed by atoms with Crippen LogP contribution >= 0.6 is 11.6 Å². The fourth-order valence-electron chi connectivity index (χ4n) is 1.93. The van der Waals surface area contributed by atoms with Gasteiger partial charge in [-0.05, 0) is 14.1 Å². The Labute approximate surface area is 129 Å². The molecule has 0 atom stereocenters. The van der Waals surface area contributed by atoms with Gasteiger partial charge in [-0.2, -0.15) is 0 Å². The van der Waals surface area contributed by atoms with Crippen molar-refractivity contribution in [3.8, 4) is 0 Å². The van der Waals surface area contributed by atoms with Crippen LogP contribution in [0.3, 0.4) is 0 Å². The van der Waals surface area contributed by atoms with Gasteiger partial charge in [-0.3, -0.25) is 4.79 Å². The number of ether oxygens (including phenoxy) is 1. The molecular weight excluding hydrogens is 294 g/mol. The van der Waals surface area contributed by atoms with Crippen molar-refractivity contribution in [2.24, 2.45) is 0 Å². The standard InChI is InChI=1S/C13H20ClN5O2/c1-18(2)4-3-15-13(20)12-16-10(14)9-11(17-12)19-5-7-21-8-6-19/h9H,3-8H2,1-2H3,(H,15,20). The number of anilines is 1. The molecule has 0 spiro atoms. The maximum atomic E-state index is 12.1. The topological polar surface area (TPSA) is 70.6 Å². The number of carbonyl (C=O) groups is 1. The molecule has 8 heteroatoms. The molecule has 0 aromatic carbocycles. The summed E-state index contributed by atoms with van der Waals surface area (Å²) in [6.45, 7) is 4.04. The number of hydrogen-bond acceptors (Lipinski definition) is 6. The Morgan fingerprint density at radius 2 is 2.14 bits per heavy atom. The quantitative estimate of drug-likeness (QED) is 0.786. The van der Waals surface area contributed by atoms with E-state index in [2.05, 4.69) is 15.3 Å². The summed E-state index contributed by atoms with van der Waals surface area (Å²) in [6, 6.07) is 1.67. The molecule has 1 aromatic heterocycles. The van der Waals surface area contributed by atoms with E-state index < -0.39 is 0 Å². The maximum absolute atomic E-state index is 12.1. The van der Waals surface area contributed by atoms with Crippen LogP contribution in [0.25, 0.3) is 0 Å². The highest BCUT2D eigenvalue weighted by Crippen LogP contribution is 2.17. The van der Waals surface area contributed by atoms with Crippen LogP contribution in [-0.4, -0.2) is 74.3 Å². The lowest BCUT2D eigenvalue weighted by Gasteiger charge is -2.27. The molecule has 0 unspecified atom stereocenters. The largest absolute Gasteiger partial charge is 0.378 e. The Balaban J connectivity index is 2.05. The molecule has 1 fully saturated rings. The summed E-state index contributed by atoms with van der Waals surface area (Å²) in [5.41, 5.74) is 0. The van der Waals surface area contributed by atoms with E-state index >= 15 is 0 Å². The smallest absolute Gasteiger partial charge is 0.289 e. The summed E-state index contributed by atoms with van der Waals surface area (Å²) in [5, 5.41) is 3.05. The van der Waals surface area contributed by atoms with E-state index in [1.807, 2.05) is 23.9 Å². The maximum Gasteiger partial charge on any atom is 0.289 e. The van der Waals surface area contributed by atoms with E-state index in [-0.39, 0.29) is 16.9 Å². The number of rotatable bonds is 5. The summed E-state index contributed by atoms with van der Waals surface area (Å²) < 4.78 is 5.30. The van der Waals surface area contributed by atoms with Gasteiger partial charge in [-0.15, -0.1) is 0 Å². The zero-order valence-electron chi connectivity index (χ0n) is 12.3. The molecule has 1 N–H and O–H groups in total. The minimum Gasteiger partial charge on any atom is -0.378 e. The molecule has 2 heterocycles. The van der Waals surface area contributed by atoms with E-state index in [0.29, 0.717) is 25.6 Å². The van der Waals surface area contributed by atoms with Crippen LogP contribution in [0.2, 0.25) is 5.15 Å².